The maximum absolute atomic E-state index is 12.2. The molecule has 0 saturated carbocycles. The fraction of sp³-hybridized carbons (Fsp3) is 0.200. The zero-order valence-corrected chi connectivity index (χ0v) is 18.1. The molecule has 0 atom stereocenters. The second-order valence-corrected chi connectivity index (χ2v) is 8.38. The molecule has 0 saturated heterocycles. The van der Waals surface area contributed by atoms with E-state index in [2.05, 4.69) is 31.3 Å². The van der Waals surface area contributed by atoms with Gasteiger partial charge in [0.2, 0.25) is 0 Å². The maximum Gasteiger partial charge on any atom is 0.271 e. The molecule has 0 heterocycles. The van der Waals surface area contributed by atoms with Crippen molar-refractivity contribution in [3.63, 3.8) is 0 Å². The Balaban J connectivity index is 1.52. The minimum Gasteiger partial charge on any atom is -0.489 e. The summed E-state index contributed by atoms with van der Waals surface area (Å²) in [4.78, 5) is 12.2. The third-order valence-electron chi connectivity index (χ3n) is 4.63. The summed E-state index contributed by atoms with van der Waals surface area (Å²) < 4.78 is 5.76. The molecular formula is C25H25ClN2O2. The van der Waals surface area contributed by atoms with E-state index < -0.39 is 0 Å². The number of carbonyl (C=O) groups excluding carboxylic acids is 1. The molecule has 30 heavy (non-hydrogen) atoms. The van der Waals surface area contributed by atoms with Crippen molar-refractivity contribution in [1.29, 1.82) is 0 Å². The van der Waals surface area contributed by atoms with Gasteiger partial charge in [-0.3, -0.25) is 4.79 Å². The molecule has 154 valence electrons. The first-order valence-corrected chi connectivity index (χ1v) is 10.1. The molecule has 3 aromatic carbocycles. The average Bonchev–Trinajstić information content (AvgIpc) is 2.73. The number of nitrogens with zero attached hydrogens (tertiary/aromatic N) is 1. The number of amides is 1. The van der Waals surface area contributed by atoms with Gasteiger partial charge < -0.3 is 4.74 Å². The van der Waals surface area contributed by atoms with Crippen molar-refractivity contribution < 1.29 is 9.53 Å². The number of hydrogen-bond acceptors (Lipinski definition) is 3. The number of benzene rings is 3. The zero-order valence-electron chi connectivity index (χ0n) is 17.4. The molecule has 0 aliphatic heterocycles. The van der Waals surface area contributed by atoms with Crippen LogP contribution in [0.25, 0.3) is 0 Å². The van der Waals surface area contributed by atoms with Gasteiger partial charge in [0.05, 0.1) is 6.21 Å². The van der Waals surface area contributed by atoms with Crippen LogP contribution >= 0.6 is 11.6 Å². The molecule has 3 aromatic rings. The number of rotatable bonds is 6. The van der Waals surface area contributed by atoms with E-state index in [4.69, 9.17) is 16.3 Å². The lowest BCUT2D eigenvalue weighted by molar-refractivity contribution is 0.0955. The third-order valence-corrected chi connectivity index (χ3v) is 4.99. The summed E-state index contributed by atoms with van der Waals surface area (Å²) in [5.74, 6) is 0.487. The third kappa shape index (κ3) is 5.94. The minimum absolute atomic E-state index is 0.0520. The highest BCUT2D eigenvalue weighted by molar-refractivity contribution is 6.31. The highest BCUT2D eigenvalue weighted by Crippen LogP contribution is 2.22. The number of carbonyl (C=O) groups is 1. The van der Waals surface area contributed by atoms with E-state index in [1.807, 2.05) is 72.8 Å². The van der Waals surface area contributed by atoms with Gasteiger partial charge >= 0.3 is 0 Å². The quantitative estimate of drug-likeness (QED) is 0.394. The molecular weight excluding hydrogens is 396 g/mol. The lowest BCUT2D eigenvalue weighted by Crippen LogP contribution is -2.18. The molecule has 0 bridgehead atoms. The molecule has 0 spiro atoms. The predicted molar refractivity (Wildman–Crippen MR) is 122 cm³/mol. The topological polar surface area (TPSA) is 50.7 Å². The molecule has 0 aliphatic carbocycles. The molecule has 0 radical (unpaired) electrons. The van der Waals surface area contributed by atoms with E-state index in [1.165, 1.54) is 5.56 Å². The van der Waals surface area contributed by atoms with E-state index in [0.717, 1.165) is 16.9 Å². The average molecular weight is 421 g/mol. The van der Waals surface area contributed by atoms with Gasteiger partial charge in [0.25, 0.3) is 5.91 Å². The monoisotopic (exact) mass is 420 g/mol. The molecule has 0 unspecified atom stereocenters. The van der Waals surface area contributed by atoms with Crippen molar-refractivity contribution >= 4 is 23.7 Å². The number of halogens is 1. The van der Waals surface area contributed by atoms with Gasteiger partial charge in [-0.1, -0.05) is 62.7 Å². The molecule has 0 fully saturated rings. The molecule has 5 heteroatoms. The van der Waals surface area contributed by atoms with Crippen LogP contribution in [0.2, 0.25) is 5.02 Å². The summed E-state index contributed by atoms with van der Waals surface area (Å²) in [6.07, 6.45) is 1.60. The highest BCUT2D eigenvalue weighted by Gasteiger charge is 2.14. The molecule has 0 aliphatic rings. The van der Waals surface area contributed by atoms with Gasteiger partial charge in [-0.15, -0.1) is 0 Å². The first kappa shape index (κ1) is 21.6. The molecule has 1 amide bonds. The first-order valence-electron chi connectivity index (χ1n) is 9.73. The molecule has 4 nitrogen and oxygen atoms in total. The molecule has 1 N–H and O–H groups in total. The minimum atomic E-state index is -0.244. The van der Waals surface area contributed by atoms with Crippen LogP contribution in [0.5, 0.6) is 5.75 Å². The second kappa shape index (κ2) is 9.59. The Morgan fingerprint density at radius 2 is 1.67 bits per heavy atom. The normalized spacial score (nSPS) is 11.5. The highest BCUT2D eigenvalue weighted by atomic mass is 35.5. The van der Waals surface area contributed by atoms with E-state index in [9.17, 15) is 4.79 Å². The van der Waals surface area contributed by atoms with Crippen molar-refractivity contribution in [2.24, 2.45) is 5.10 Å². The summed E-state index contributed by atoms with van der Waals surface area (Å²) >= 11 is 6.14. The van der Waals surface area contributed by atoms with Crippen molar-refractivity contribution in [2.75, 3.05) is 0 Å². The fourth-order valence-corrected chi connectivity index (χ4v) is 2.97. The standard InChI is InChI=1S/C25H25ClN2O2/c1-25(2,3)21-12-10-19(11-13-21)24(29)28-27-16-18-8-14-22(15-9-18)30-17-20-6-4-5-7-23(20)26/h4-16H,17H2,1-3H3,(H,28,29)/b27-16-. The zero-order chi connectivity index (χ0) is 21.6. The summed E-state index contributed by atoms with van der Waals surface area (Å²) in [6.45, 7) is 6.82. The van der Waals surface area contributed by atoms with Gasteiger partial charge in [0.1, 0.15) is 12.4 Å². The van der Waals surface area contributed by atoms with Crippen molar-refractivity contribution in [2.45, 2.75) is 32.8 Å². The van der Waals surface area contributed by atoms with Crippen LogP contribution in [-0.4, -0.2) is 12.1 Å². The second-order valence-electron chi connectivity index (χ2n) is 7.98. The van der Waals surface area contributed by atoms with E-state index >= 15 is 0 Å². The van der Waals surface area contributed by atoms with Crippen LogP contribution in [0.1, 0.15) is 47.8 Å². The Hall–Kier alpha value is -3.11. The lowest BCUT2D eigenvalue weighted by atomic mass is 9.87. The Morgan fingerprint density at radius 3 is 2.30 bits per heavy atom. The molecule has 0 aromatic heterocycles. The van der Waals surface area contributed by atoms with Gasteiger partial charge in [0.15, 0.2) is 0 Å². The van der Waals surface area contributed by atoms with Crippen LogP contribution in [-0.2, 0) is 12.0 Å². The Morgan fingerprint density at radius 1 is 1.00 bits per heavy atom. The van der Waals surface area contributed by atoms with E-state index in [-0.39, 0.29) is 11.3 Å². The van der Waals surface area contributed by atoms with E-state index in [0.29, 0.717) is 17.2 Å². The summed E-state index contributed by atoms with van der Waals surface area (Å²) in [5.41, 5.74) is 6.15. The SMILES string of the molecule is CC(C)(C)c1ccc(C(=O)N/N=C\c2ccc(OCc3ccccc3Cl)cc2)cc1. The van der Waals surface area contributed by atoms with E-state index in [1.54, 1.807) is 6.21 Å². The summed E-state index contributed by atoms with van der Waals surface area (Å²) in [5, 5.41) is 4.73. The first-order chi connectivity index (χ1) is 14.3. The van der Waals surface area contributed by atoms with Gasteiger partial charge in [0, 0.05) is 16.1 Å². The Bertz CT molecular complexity index is 1020. The lowest BCUT2D eigenvalue weighted by Gasteiger charge is -2.18. The van der Waals surface area contributed by atoms with Crippen molar-refractivity contribution in [3.8, 4) is 5.75 Å². The molecule has 3 rings (SSSR count). The summed E-state index contributed by atoms with van der Waals surface area (Å²) in [7, 11) is 0. The number of hydrazone groups is 1. The van der Waals surface area contributed by atoms with Crippen LogP contribution in [0, 0.1) is 0 Å². The van der Waals surface area contributed by atoms with Crippen LogP contribution in [0.15, 0.2) is 77.9 Å². The number of nitrogens with one attached hydrogen (secondary N) is 1. The van der Waals surface area contributed by atoms with Gasteiger partial charge in [-0.25, -0.2) is 5.43 Å². The van der Waals surface area contributed by atoms with Gasteiger partial charge in [-0.2, -0.15) is 5.10 Å². The van der Waals surface area contributed by atoms with Gasteiger partial charge in [-0.05, 0) is 59.0 Å². The fourth-order valence-electron chi connectivity index (χ4n) is 2.78. The Kier molecular flexibility index (Phi) is 6.91. The largest absolute Gasteiger partial charge is 0.489 e. The van der Waals surface area contributed by atoms with Crippen LogP contribution in [0.4, 0.5) is 0 Å². The van der Waals surface area contributed by atoms with Crippen molar-refractivity contribution in [1.82, 2.24) is 5.43 Å². The van der Waals surface area contributed by atoms with Crippen LogP contribution in [0.3, 0.4) is 0 Å². The van der Waals surface area contributed by atoms with Crippen LogP contribution < -0.4 is 10.2 Å². The smallest absolute Gasteiger partial charge is 0.271 e. The van der Waals surface area contributed by atoms with Crippen molar-refractivity contribution in [3.05, 3.63) is 100 Å². The summed E-state index contributed by atoms with van der Waals surface area (Å²) in [6, 6.07) is 22.6. The maximum atomic E-state index is 12.2. The number of hydrogen-bond donors (Lipinski definition) is 1. The Labute approximate surface area is 182 Å². The predicted octanol–water partition coefficient (Wildman–Crippen LogP) is 5.98. The number of ether oxygens (including phenoxy) is 1.